The quantitative estimate of drug-likeness (QED) is 0.718. The molecular formula is C9H19NOS. The summed E-state index contributed by atoms with van der Waals surface area (Å²) in [6, 6.07) is 0. The lowest BCUT2D eigenvalue weighted by Crippen LogP contribution is -2.38. The van der Waals surface area contributed by atoms with Gasteiger partial charge in [-0.15, -0.1) is 0 Å². The third-order valence-corrected chi connectivity index (χ3v) is 3.22. The van der Waals surface area contributed by atoms with Crippen molar-refractivity contribution in [1.29, 1.82) is 0 Å². The van der Waals surface area contributed by atoms with Crippen molar-refractivity contribution in [3.63, 3.8) is 0 Å². The molecule has 12 heavy (non-hydrogen) atoms. The van der Waals surface area contributed by atoms with Gasteiger partial charge in [0.25, 0.3) is 0 Å². The second-order valence-electron chi connectivity index (χ2n) is 3.69. The summed E-state index contributed by atoms with van der Waals surface area (Å²) in [6.45, 7) is 2.27. The fraction of sp³-hybridized carbons (Fsp3) is 1.00. The van der Waals surface area contributed by atoms with Crippen LogP contribution in [-0.2, 0) is 0 Å². The molecule has 2 unspecified atom stereocenters. The molecule has 0 aromatic rings. The maximum atomic E-state index is 9.74. The van der Waals surface area contributed by atoms with Gasteiger partial charge in [-0.1, -0.05) is 0 Å². The van der Waals surface area contributed by atoms with Gasteiger partial charge in [0.15, 0.2) is 0 Å². The molecule has 1 saturated heterocycles. The van der Waals surface area contributed by atoms with Crippen LogP contribution in [0.15, 0.2) is 0 Å². The van der Waals surface area contributed by atoms with Crippen LogP contribution in [0.1, 0.15) is 12.8 Å². The Morgan fingerprint density at radius 1 is 1.67 bits per heavy atom. The van der Waals surface area contributed by atoms with E-state index in [9.17, 15) is 5.11 Å². The van der Waals surface area contributed by atoms with Gasteiger partial charge in [0, 0.05) is 12.3 Å². The Morgan fingerprint density at radius 2 is 2.42 bits per heavy atom. The van der Waals surface area contributed by atoms with E-state index in [1.54, 1.807) is 11.8 Å². The Balaban J connectivity index is 2.29. The van der Waals surface area contributed by atoms with E-state index in [0.717, 1.165) is 12.3 Å². The Hall–Kier alpha value is 0.270. The maximum Gasteiger partial charge on any atom is 0.0670 e. The first-order valence-corrected chi connectivity index (χ1v) is 5.99. The van der Waals surface area contributed by atoms with Gasteiger partial charge in [-0.25, -0.2) is 0 Å². The van der Waals surface area contributed by atoms with E-state index in [-0.39, 0.29) is 6.10 Å². The van der Waals surface area contributed by atoms with Crippen molar-refractivity contribution in [2.75, 3.05) is 32.1 Å². The highest BCUT2D eigenvalue weighted by Crippen LogP contribution is 2.20. The Labute approximate surface area is 79.3 Å². The first-order valence-electron chi connectivity index (χ1n) is 4.59. The van der Waals surface area contributed by atoms with E-state index < -0.39 is 0 Å². The average molecular weight is 189 g/mol. The Bertz CT molecular complexity index is 132. The molecular weight excluding hydrogens is 170 g/mol. The Morgan fingerprint density at radius 3 is 3.00 bits per heavy atom. The van der Waals surface area contributed by atoms with Crippen LogP contribution < -0.4 is 0 Å². The molecule has 1 rings (SSSR count). The van der Waals surface area contributed by atoms with Crippen molar-refractivity contribution in [2.24, 2.45) is 5.92 Å². The lowest BCUT2D eigenvalue weighted by molar-refractivity contribution is 0.0760. The predicted molar refractivity (Wildman–Crippen MR) is 54.6 cm³/mol. The first kappa shape index (κ1) is 10.4. The summed E-state index contributed by atoms with van der Waals surface area (Å²) < 4.78 is 0. The largest absolute Gasteiger partial charge is 0.392 e. The molecule has 0 saturated carbocycles. The number of hydrogen-bond donors (Lipinski definition) is 1. The van der Waals surface area contributed by atoms with Gasteiger partial charge in [0.2, 0.25) is 0 Å². The van der Waals surface area contributed by atoms with Crippen LogP contribution in [0.2, 0.25) is 0 Å². The van der Waals surface area contributed by atoms with Gasteiger partial charge in [-0.2, -0.15) is 11.8 Å². The van der Waals surface area contributed by atoms with E-state index in [1.807, 2.05) is 0 Å². The highest BCUT2D eigenvalue weighted by molar-refractivity contribution is 7.98. The van der Waals surface area contributed by atoms with Crippen LogP contribution in [0.5, 0.6) is 0 Å². The molecule has 0 aliphatic carbocycles. The van der Waals surface area contributed by atoms with Crippen LogP contribution in [0.3, 0.4) is 0 Å². The molecule has 3 heteroatoms. The summed E-state index contributed by atoms with van der Waals surface area (Å²) >= 11 is 1.74. The number of rotatable bonds is 3. The van der Waals surface area contributed by atoms with Crippen LogP contribution >= 0.6 is 11.8 Å². The lowest BCUT2D eigenvalue weighted by Gasteiger charge is -2.32. The number of hydrogen-bond acceptors (Lipinski definition) is 3. The molecule has 0 amide bonds. The molecule has 72 valence electrons. The minimum Gasteiger partial charge on any atom is -0.392 e. The Kier molecular flexibility index (Phi) is 4.40. The second kappa shape index (κ2) is 5.10. The predicted octanol–water partition coefficient (Wildman–Crippen LogP) is 1.05. The van der Waals surface area contributed by atoms with Crippen molar-refractivity contribution in [2.45, 2.75) is 18.9 Å². The fourth-order valence-corrected chi connectivity index (χ4v) is 2.44. The molecule has 2 nitrogen and oxygen atoms in total. The van der Waals surface area contributed by atoms with E-state index in [2.05, 4.69) is 18.2 Å². The second-order valence-corrected chi connectivity index (χ2v) is 4.60. The number of aliphatic hydroxyl groups is 1. The standard InChI is InChI=1S/C9H19NOS/c1-10-5-3-4-8(6-10)9(11)7-12-2/h8-9,11H,3-7H2,1-2H3. The molecule has 0 aromatic heterocycles. The lowest BCUT2D eigenvalue weighted by atomic mass is 9.94. The van der Waals surface area contributed by atoms with Gasteiger partial charge in [-0.05, 0) is 38.6 Å². The van der Waals surface area contributed by atoms with Crippen molar-refractivity contribution < 1.29 is 5.11 Å². The molecule has 0 spiro atoms. The van der Waals surface area contributed by atoms with Crippen molar-refractivity contribution in [3.8, 4) is 0 Å². The van der Waals surface area contributed by atoms with Crippen LogP contribution in [-0.4, -0.2) is 48.3 Å². The van der Waals surface area contributed by atoms with E-state index in [1.165, 1.54) is 19.4 Å². The molecule has 2 atom stereocenters. The zero-order valence-corrected chi connectivity index (χ0v) is 8.81. The number of aliphatic hydroxyl groups excluding tert-OH is 1. The first-order chi connectivity index (χ1) is 5.74. The molecule has 0 radical (unpaired) electrons. The molecule has 0 aromatic carbocycles. The van der Waals surface area contributed by atoms with Crippen LogP contribution in [0.25, 0.3) is 0 Å². The maximum absolute atomic E-state index is 9.74. The molecule has 1 fully saturated rings. The molecule has 1 heterocycles. The van der Waals surface area contributed by atoms with Crippen molar-refractivity contribution >= 4 is 11.8 Å². The summed E-state index contributed by atoms with van der Waals surface area (Å²) in [5.74, 6) is 1.40. The topological polar surface area (TPSA) is 23.5 Å². The third-order valence-electron chi connectivity index (χ3n) is 2.54. The SMILES string of the molecule is CSCC(O)C1CCCN(C)C1. The highest BCUT2D eigenvalue weighted by Gasteiger charge is 2.23. The zero-order valence-electron chi connectivity index (χ0n) is 7.99. The van der Waals surface area contributed by atoms with Gasteiger partial charge in [0.05, 0.1) is 6.10 Å². The molecule has 0 bridgehead atoms. The number of piperidine rings is 1. The summed E-state index contributed by atoms with van der Waals surface area (Å²) in [4.78, 5) is 2.32. The minimum atomic E-state index is -0.0947. The molecule has 1 aliphatic rings. The fourth-order valence-electron chi connectivity index (χ4n) is 1.83. The third kappa shape index (κ3) is 2.96. The van der Waals surface area contributed by atoms with Gasteiger partial charge >= 0.3 is 0 Å². The highest BCUT2D eigenvalue weighted by atomic mass is 32.2. The van der Waals surface area contributed by atoms with Gasteiger partial charge < -0.3 is 10.0 Å². The number of nitrogens with zero attached hydrogens (tertiary/aromatic N) is 1. The average Bonchev–Trinajstić information content (AvgIpc) is 2.05. The normalized spacial score (nSPS) is 28.8. The summed E-state index contributed by atoms with van der Waals surface area (Å²) in [5, 5.41) is 9.74. The van der Waals surface area contributed by atoms with Gasteiger partial charge in [-0.3, -0.25) is 0 Å². The van der Waals surface area contributed by atoms with Crippen LogP contribution in [0, 0.1) is 5.92 Å². The van der Waals surface area contributed by atoms with E-state index >= 15 is 0 Å². The number of thioether (sulfide) groups is 1. The number of likely N-dealkylation sites (tertiary alicyclic amines) is 1. The minimum absolute atomic E-state index is 0.0947. The summed E-state index contributed by atoms with van der Waals surface area (Å²) in [6.07, 6.45) is 4.40. The molecule has 1 N–H and O–H groups in total. The monoisotopic (exact) mass is 189 g/mol. The molecule has 1 aliphatic heterocycles. The summed E-state index contributed by atoms with van der Waals surface area (Å²) in [7, 11) is 2.14. The van der Waals surface area contributed by atoms with Crippen LogP contribution in [0.4, 0.5) is 0 Å². The van der Waals surface area contributed by atoms with Crippen molar-refractivity contribution in [1.82, 2.24) is 4.90 Å². The smallest absolute Gasteiger partial charge is 0.0670 e. The van der Waals surface area contributed by atoms with Gasteiger partial charge in [0.1, 0.15) is 0 Å². The summed E-state index contributed by atoms with van der Waals surface area (Å²) in [5.41, 5.74) is 0. The van der Waals surface area contributed by atoms with Crippen molar-refractivity contribution in [3.05, 3.63) is 0 Å². The van der Waals surface area contributed by atoms with E-state index in [4.69, 9.17) is 0 Å². The zero-order chi connectivity index (χ0) is 8.97. The van der Waals surface area contributed by atoms with E-state index in [0.29, 0.717) is 5.92 Å².